The number of allylic oxidation sites excluding steroid dienone is 1. The molecule has 0 fully saturated rings. The number of hydrogen-bond acceptors (Lipinski definition) is 6. The number of anilines is 2. The lowest BCUT2D eigenvalue weighted by Gasteiger charge is -2.11. The Labute approximate surface area is 167 Å². The van der Waals surface area contributed by atoms with E-state index in [4.69, 9.17) is 5.73 Å². The summed E-state index contributed by atoms with van der Waals surface area (Å²) in [5.41, 5.74) is 11.0. The van der Waals surface area contributed by atoms with Crippen molar-refractivity contribution in [1.29, 1.82) is 0 Å². The average molecular weight is 385 g/mol. The number of carbonyl (C=O) groups excluding carboxylic acids is 1. The number of rotatable bonds is 4. The summed E-state index contributed by atoms with van der Waals surface area (Å²) in [6.45, 7) is 3.84. The Hall–Kier alpha value is -4.07. The zero-order chi connectivity index (χ0) is 20.4. The largest absolute Gasteiger partial charge is 0.368 e. The highest BCUT2D eigenvalue weighted by atomic mass is 16.1. The van der Waals surface area contributed by atoms with Crippen LogP contribution in [0.1, 0.15) is 34.1 Å². The fraction of sp³-hybridized carbons (Fsp3) is 0.0952. The van der Waals surface area contributed by atoms with Gasteiger partial charge in [0, 0.05) is 24.2 Å². The van der Waals surface area contributed by atoms with E-state index >= 15 is 0 Å². The number of pyridine rings is 2. The molecule has 1 amide bonds. The summed E-state index contributed by atoms with van der Waals surface area (Å²) in [6, 6.07) is 7.41. The van der Waals surface area contributed by atoms with E-state index in [2.05, 4.69) is 25.4 Å². The molecule has 0 aliphatic rings. The topological polar surface area (TPSA) is 111 Å². The molecule has 8 nitrogen and oxygen atoms in total. The van der Waals surface area contributed by atoms with E-state index in [1.165, 1.54) is 0 Å². The summed E-state index contributed by atoms with van der Waals surface area (Å²) in [7, 11) is 0. The highest BCUT2D eigenvalue weighted by molar-refractivity contribution is 6.09. The number of nitrogens with zero attached hydrogens (tertiary/aromatic N) is 5. The Morgan fingerprint density at radius 2 is 2.07 bits per heavy atom. The van der Waals surface area contributed by atoms with Gasteiger partial charge in [-0.1, -0.05) is 6.08 Å². The summed E-state index contributed by atoms with van der Waals surface area (Å²) in [5.74, 6) is -0.0125. The minimum absolute atomic E-state index is 0.238. The van der Waals surface area contributed by atoms with Gasteiger partial charge in [-0.3, -0.25) is 9.78 Å². The highest BCUT2D eigenvalue weighted by Crippen LogP contribution is 2.27. The molecule has 0 bridgehead atoms. The lowest BCUT2D eigenvalue weighted by Crippen LogP contribution is -2.11. The van der Waals surface area contributed by atoms with Crippen molar-refractivity contribution < 1.29 is 4.79 Å². The number of aromatic nitrogens is 5. The summed E-state index contributed by atoms with van der Waals surface area (Å²) in [4.78, 5) is 25.1. The van der Waals surface area contributed by atoms with E-state index in [-0.39, 0.29) is 11.9 Å². The fourth-order valence-corrected chi connectivity index (χ4v) is 3.19. The van der Waals surface area contributed by atoms with Crippen LogP contribution in [0.4, 0.5) is 11.6 Å². The standard InChI is InChI=1S/C21H19N7O/c1-3-16(17-11-24-21(22)26-13(17)2)14-6-8-28-19(9-14)18(12-25-28)20(29)27-15-5-4-7-23-10-15/h3-12H,1-2H3,(H,27,29)(H2,22,24,26)/b16-3-. The SMILES string of the molecule is C/C=C(/c1ccn2ncc(C(=O)Nc3cccnc3)c2c1)c1cnc(N)nc1C. The maximum absolute atomic E-state index is 12.8. The van der Waals surface area contributed by atoms with Crippen molar-refractivity contribution in [2.24, 2.45) is 0 Å². The molecule has 0 saturated heterocycles. The Bertz CT molecular complexity index is 1230. The van der Waals surface area contributed by atoms with Gasteiger partial charge in [-0.2, -0.15) is 5.10 Å². The molecule has 0 radical (unpaired) electrons. The van der Waals surface area contributed by atoms with Gasteiger partial charge in [0.25, 0.3) is 5.91 Å². The maximum Gasteiger partial charge on any atom is 0.259 e. The van der Waals surface area contributed by atoms with Gasteiger partial charge in [-0.05, 0) is 49.2 Å². The van der Waals surface area contributed by atoms with E-state index in [1.54, 1.807) is 41.4 Å². The molecule has 4 rings (SSSR count). The highest BCUT2D eigenvalue weighted by Gasteiger charge is 2.16. The van der Waals surface area contributed by atoms with E-state index < -0.39 is 0 Å². The van der Waals surface area contributed by atoms with Crippen molar-refractivity contribution in [2.45, 2.75) is 13.8 Å². The van der Waals surface area contributed by atoms with Gasteiger partial charge in [-0.15, -0.1) is 0 Å². The van der Waals surface area contributed by atoms with Crippen LogP contribution in [0.25, 0.3) is 11.1 Å². The minimum atomic E-state index is -0.251. The van der Waals surface area contributed by atoms with Gasteiger partial charge in [0.1, 0.15) is 0 Å². The smallest absolute Gasteiger partial charge is 0.259 e. The van der Waals surface area contributed by atoms with Crippen molar-refractivity contribution in [2.75, 3.05) is 11.1 Å². The molecule has 29 heavy (non-hydrogen) atoms. The van der Waals surface area contributed by atoms with Crippen molar-refractivity contribution in [3.8, 4) is 0 Å². The van der Waals surface area contributed by atoms with Crippen molar-refractivity contribution in [3.63, 3.8) is 0 Å². The second kappa shape index (κ2) is 7.51. The van der Waals surface area contributed by atoms with Crippen LogP contribution < -0.4 is 11.1 Å². The summed E-state index contributed by atoms with van der Waals surface area (Å²) in [6.07, 6.45) is 10.3. The molecule has 4 aromatic heterocycles. The van der Waals surface area contributed by atoms with Crippen LogP contribution in [0.2, 0.25) is 0 Å². The van der Waals surface area contributed by atoms with E-state index in [0.717, 1.165) is 22.4 Å². The second-order valence-corrected chi connectivity index (χ2v) is 6.43. The molecule has 144 valence electrons. The van der Waals surface area contributed by atoms with Crippen LogP contribution >= 0.6 is 0 Å². The fourth-order valence-electron chi connectivity index (χ4n) is 3.19. The molecule has 0 aromatic carbocycles. The van der Waals surface area contributed by atoms with Gasteiger partial charge in [0.15, 0.2) is 0 Å². The third-order valence-corrected chi connectivity index (χ3v) is 4.57. The molecule has 3 N–H and O–H groups in total. The predicted octanol–water partition coefficient (Wildman–Crippen LogP) is 3.11. The Balaban J connectivity index is 1.74. The number of nitrogen functional groups attached to an aromatic ring is 1. The zero-order valence-corrected chi connectivity index (χ0v) is 16.0. The summed E-state index contributed by atoms with van der Waals surface area (Å²) < 4.78 is 1.67. The van der Waals surface area contributed by atoms with E-state index in [9.17, 15) is 4.79 Å². The van der Waals surface area contributed by atoms with Crippen LogP contribution in [0.5, 0.6) is 0 Å². The van der Waals surface area contributed by atoms with Crippen LogP contribution in [0.15, 0.2) is 61.3 Å². The summed E-state index contributed by atoms with van der Waals surface area (Å²) >= 11 is 0. The van der Waals surface area contributed by atoms with Crippen LogP contribution in [-0.4, -0.2) is 30.5 Å². The number of aryl methyl sites for hydroxylation is 1. The van der Waals surface area contributed by atoms with Gasteiger partial charge >= 0.3 is 0 Å². The normalized spacial score (nSPS) is 11.6. The monoisotopic (exact) mass is 385 g/mol. The first-order valence-electron chi connectivity index (χ1n) is 9.01. The number of nitrogens with two attached hydrogens (primary N) is 1. The molecular weight excluding hydrogens is 366 g/mol. The lowest BCUT2D eigenvalue weighted by molar-refractivity contribution is 0.102. The number of carbonyl (C=O) groups is 1. The molecule has 8 heteroatoms. The van der Waals surface area contributed by atoms with Crippen molar-refractivity contribution in [3.05, 3.63) is 83.7 Å². The molecule has 0 unspecified atom stereocenters. The summed E-state index contributed by atoms with van der Waals surface area (Å²) in [5, 5.41) is 7.13. The molecule has 0 saturated carbocycles. The molecule has 0 aliphatic heterocycles. The van der Waals surface area contributed by atoms with E-state index in [1.807, 2.05) is 38.3 Å². The zero-order valence-electron chi connectivity index (χ0n) is 16.0. The molecule has 0 spiro atoms. The number of hydrogen-bond donors (Lipinski definition) is 2. The third kappa shape index (κ3) is 3.55. The Morgan fingerprint density at radius 3 is 2.79 bits per heavy atom. The average Bonchev–Trinajstić information content (AvgIpc) is 3.14. The lowest BCUT2D eigenvalue weighted by atomic mass is 9.98. The molecular formula is C21H19N7O. The Kier molecular flexibility index (Phi) is 4.74. The van der Waals surface area contributed by atoms with E-state index in [0.29, 0.717) is 16.8 Å². The number of amides is 1. The molecule has 4 aromatic rings. The first-order valence-corrected chi connectivity index (χ1v) is 9.01. The maximum atomic E-state index is 12.8. The van der Waals surface area contributed by atoms with Crippen LogP contribution in [-0.2, 0) is 0 Å². The minimum Gasteiger partial charge on any atom is -0.368 e. The van der Waals surface area contributed by atoms with Crippen molar-refractivity contribution in [1.82, 2.24) is 24.6 Å². The van der Waals surface area contributed by atoms with Gasteiger partial charge in [0.2, 0.25) is 5.95 Å². The van der Waals surface area contributed by atoms with Crippen LogP contribution in [0.3, 0.4) is 0 Å². The van der Waals surface area contributed by atoms with Gasteiger partial charge in [0.05, 0.1) is 34.9 Å². The first kappa shape index (κ1) is 18.3. The quantitative estimate of drug-likeness (QED) is 0.558. The van der Waals surface area contributed by atoms with Gasteiger partial charge in [-0.25, -0.2) is 14.5 Å². The first-order chi connectivity index (χ1) is 14.1. The number of nitrogens with one attached hydrogen (secondary N) is 1. The predicted molar refractivity (Wildman–Crippen MR) is 111 cm³/mol. The third-order valence-electron chi connectivity index (χ3n) is 4.57. The second-order valence-electron chi connectivity index (χ2n) is 6.43. The molecule has 0 aliphatic carbocycles. The Morgan fingerprint density at radius 1 is 1.21 bits per heavy atom. The van der Waals surface area contributed by atoms with Gasteiger partial charge < -0.3 is 11.1 Å². The number of fused-ring (bicyclic) bond motifs is 1. The molecule has 4 heterocycles. The molecule has 0 atom stereocenters. The van der Waals surface area contributed by atoms with Crippen molar-refractivity contribution >= 4 is 28.6 Å². The van der Waals surface area contributed by atoms with Crippen LogP contribution in [0, 0.1) is 6.92 Å².